The minimum atomic E-state index is -4.52. The first-order valence-electron chi connectivity index (χ1n) is 10.7. The van der Waals surface area contributed by atoms with Crippen molar-refractivity contribution in [3.05, 3.63) is 62.3 Å². The Labute approximate surface area is 191 Å². The van der Waals surface area contributed by atoms with Gasteiger partial charge < -0.3 is 20.4 Å². The van der Waals surface area contributed by atoms with Crippen molar-refractivity contribution in [1.82, 2.24) is 25.5 Å². The third-order valence-electron chi connectivity index (χ3n) is 5.84. The van der Waals surface area contributed by atoms with Gasteiger partial charge in [-0.15, -0.1) is 0 Å². The van der Waals surface area contributed by atoms with Crippen molar-refractivity contribution in [2.75, 3.05) is 24.5 Å². The molecule has 1 aromatic carbocycles. The predicted octanol–water partition coefficient (Wildman–Crippen LogP) is 0.761. The first-order chi connectivity index (χ1) is 16.1. The molecule has 1 aromatic heterocycles. The molecular formula is C21H23F3N6O4. The SMILES string of the molecule is O=C(NC1CC(=O)N(Cc2ccccc2C(F)(F)F)C1)N[C@@H]1CCN(c2cc(=O)[nH]c(=O)[nH]2)C1. The maximum atomic E-state index is 13.2. The van der Waals surface area contributed by atoms with Crippen LogP contribution in [0.4, 0.5) is 23.8 Å². The average molecular weight is 480 g/mol. The van der Waals surface area contributed by atoms with Gasteiger partial charge in [0.25, 0.3) is 5.56 Å². The first-order valence-corrected chi connectivity index (χ1v) is 10.7. The highest BCUT2D eigenvalue weighted by atomic mass is 19.4. The van der Waals surface area contributed by atoms with Gasteiger partial charge in [0.15, 0.2) is 0 Å². The molecule has 3 amide bonds. The van der Waals surface area contributed by atoms with Crippen LogP contribution in [0.25, 0.3) is 0 Å². The number of alkyl halides is 3. The summed E-state index contributed by atoms with van der Waals surface area (Å²) in [4.78, 5) is 55.4. The van der Waals surface area contributed by atoms with Crippen LogP contribution < -0.4 is 26.8 Å². The Morgan fingerprint density at radius 1 is 1.06 bits per heavy atom. The number of hydrogen-bond donors (Lipinski definition) is 4. The number of halogens is 3. The van der Waals surface area contributed by atoms with Gasteiger partial charge in [0.05, 0.1) is 11.6 Å². The minimum absolute atomic E-state index is 0.00251. The molecule has 0 bridgehead atoms. The lowest BCUT2D eigenvalue weighted by Crippen LogP contribution is -2.47. The number of amides is 3. The second kappa shape index (κ2) is 9.23. The first kappa shape index (κ1) is 23.4. The summed E-state index contributed by atoms with van der Waals surface area (Å²) >= 11 is 0. The molecule has 0 saturated carbocycles. The summed E-state index contributed by atoms with van der Waals surface area (Å²) in [6, 6.07) is 5.07. The molecule has 2 aliphatic heterocycles. The number of anilines is 1. The fourth-order valence-electron chi connectivity index (χ4n) is 4.30. The van der Waals surface area contributed by atoms with Crippen molar-refractivity contribution in [3.8, 4) is 0 Å². The zero-order valence-corrected chi connectivity index (χ0v) is 17.9. The number of nitrogens with zero attached hydrogens (tertiary/aromatic N) is 2. The number of hydrogen-bond acceptors (Lipinski definition) is 5. The van der Waals surface area contributed by atoms with E-state index in [9.17, 15) is 32.3 Å². The molecule has 4 N–H and O–H groups in total. The van der Waals surface area contributed by atoms with E-state index in [2.05, 4.69) is 20.6 Å². The molecule has 0 spiro atoms. The minimum Gasteiger partial charge on any atom is -0.356 e. The lowest BCUT2D eigenvalue weighted by atomic mass is 10.1. The number of aromatic amines is 2. The number of carbonyl (C=O) groups is 2. The molecule has 13 heteroatoms. The smallest absolute Gasteiger partial charge is 0.356 e. The van der Waals surface area contributed by atoms with E-state index in [0.717, 1.165) is 6.07 Å². The van der Waals surface area contributed by atoms with Crippen molar-refractivity contribution in [2.45, 2.75) is 37.6 Å². The summed E-state index contributed by atoms with van der Waals surface area (Å²) in [6.45, 7) is 0.791. The Morgan fingerprint density at radius 2 is 1.79 bits per heavy atom. The average Bonchev–Trinajstić information content (AvgIpc) is 3.33. The molecule has 10 nitrogen and oxygen atoms in total. The van der Waals surface area contributed by atoms with Crippen molar-refractivity contribution >= 4 is 17.8 Å². The largest absolute Gasteiger partial charge is 0.416 e. The van der Waals surface area contributed by atoms with E-state index in [4.69, 9.17) is 0 Å². The zero-order valence-electron chi connectivity index (χ0n) is 17.9. The number of carbonyl (C=O) groups excluding carboxylic acids is 2. The number of H-pyrrole nitrogens is 2. The lowest BCUT2D eigenvalue weighted by Gasteiger charge is -2.21. The summed E-state index contributed by atoms with van der Waals surface area (Å²) in [5, 5.41) is 5.50. The highest BCUT2D eigenvalue weighted by molar-refractivity contribution is 5.81. The van der Waals surface area contributed by atoms with Crippen LogP contribution in [0, 0.1) is 0 Å². The number of nitrogens with one attached hydrogen (secondary N) is 4. The molecule has 1 unspecified atom stereocenters. The van der Waals surface area contributed by atoms with Crippen molar-refractivity contribution < 1.29 is 22.8 Å². The number of likely N-dealkylation sites (tertiary alicyclic amines) is 1. The van der Waals surface area contributed by atoms with Gasteiger partial charge in [-0.2, -0.15) is 13.2 Å². The quantitative estimate of drug-likeness (QED) is 0.502. The molecule has 2 saturated heterocycles. The third kappa shape index (κ3) is 5.41. The molecule has 2 fully saturated rings. The molecule has 3 heterocycles. The Bertz CT molecular complexity index is 1170. The number of urea groups is 1. The molecular weight excluding hydrogens is 457 g/mol. The van der Waals surface area contributed by atoms with Crippen LogP contribution in [0.2, 0.25) is 0 Å². The molecule has 2 aromatic rings. The Balaban J connectivity index is 1.30. The summed E-state index contributed by atoms with van der Waals surface area (Å²) in [7, 11) is 0. The van der Waals surface area contributed by atoms with Crippen LogP contribution in [0.5, 0.6) is 0 Å². The van der Waals surface area contributed by atoms with Gasteiger partial charge >= 0.3 is 17.9 Å². The van der Waals surface area contributed by atoms with Gasteiger partial charge in [-0.05, 0) is 18.1 Å². The van der Waals surface area contributed by atoms with Crippen molar-refractivity contribution in [3.63, 3.8) is 0 Å². The van der Waals surface area contributed by atoms with Gasteiger partial charge in [0, 0.05) is 44.7 Å². The summed E-state index contributed by atoms with van der Waals surface area (Å²) < 4.78 is 39.7. The fourth-order valence-corrected chi connectivity index (χ4v) is 4.30. The second-order valence-corrected chi connectivity index (χ2v) is 8.35. The van der Waals surface area contributed by atoms with Crippen LogP contribution in [0.15, 0.2) is 39.9 Å². The fraction of sp³-hybridized carbons (Fsp3) is 0.429. The molecule has 34 heavy (non-hydrogen) atoms. The Hall–Kier alpha value is -3.77. The van der Waals surface area contributed by atoms with Crippen LogP contribution >= 0.6 is 0 Å². The Kier molecular flexibility index (Phi) is 6.35. The van der Waals surface area contributed by atoms with E-state index in [1.165, 1.54) is 29.2 Å². The topological polar surface area (TPSA) is 130 Å². The Morgan fingerprint density at radius 3 is 2.53 bits per heavy atom. The maximum Gasteiger partial charge on any atom is 0.416 e. The van der Waals surface area contributed by atoms with Crippen LogP contribution in [-0.4, -0.2) is 58.5 Å². The summed E-state index contributed by atoms with van der Waals surface area (Å²) in [5.74, 6) is 0.0159. The van der Waals surface area contributed by atoms with E-state index >= 15 is 0 Å². The van der Waals surface area contributed by atoms with Gasteiger partial charge in [0.2, 0.25) is 5.91 Å². The summed E-state index contributed by atoms with van der Waals surface area (Å²) in [6.07, 6.45) is -3.95. The molecule has 2 atom stereocenters. The van der Waals surface area contributed by atoms with Gasteiger partial charge in [-0.25, -0.2) is 9.59 Å². The predicted molar refractivity (Wildman–Crippen MR) is 115 cm³/mol. The van der Waals surface area contributed by atoms with E-state index in [1.54, 1.807) is 4.90 Å². The van der Waals surface area contributed by atoms with Gasteiger partial charge in [-0.1, -0.05) is 18.2 Å². The number of aromatic nitrogens is 2. The van der Waals surface area contributed by atoms with E-state index in [-0.39, 0.29) is 37.0 Å². The van der Waals surface area contributed by atoms with Crippen molar-refractivity contribution in [2.24, 2.45) is 0 Å². The van der Waals surface area contributed by atoms with Crippen LogP contribution in [-0.2, 0) is 17.5 Å². The van der Waals surface area contributed by atoms with Gasteiger partial charge in [0.1, 0.15) is 5.82 Å². The van der Waals surface area contributed by atoms with E-state index in [1.807, 2.05) is 0 Å². The molecule has 4 rings (SSSR count). The number of benzene rings is 1. The van der Waals surface area contributed by atoms with Gasteiger partial charge in [-0.3, -0.25) is 19.6 Å². The highest BCUT2D eigenvalue weighted by Crippen LogP contribution is 2.32. The standard InChI is InChI=1S/C21H23F3N6O4/c22-21(23,24)15-4-2-1-3-12(15)9-30-11-14(7-18(30)32)26-19(33)25-13-5-6-29(10-13)16-8-17(31)28-20(34)27-16/h1-4,8,13-14H,5-7,9-11H2,(H2,25,26,33)(H2,27,28,31,34)/t13-,14?/m1/s1. The van der Waals surface area contributed by atoms with Crippen LogP contribution in [0.3, 0.4) is 0 Å². The molecule has 0 aliphatic carbocycles. The van der Waals surface area contributed by atoms with E-state index in [0.29, 0.717) is 25.3 Å². The monoisotopic (exact) mass is 480 g/mol. The third-order valence-corrected chi connectivity index (χ3v) is 5.84. The lowest BCUT2D eigenvalue weighted by molar-refractivity contribution is -0.139. The molecule has 182 valence electrons. The highest BCUT2D eigenvalue weighted by Gasteiger charge is 2.36. The zero-order chi connectivity index (χ0) is 24.5. The van der Waals surface area contributed by atoms with E-state index < -0.39 is 35.1 Å². The van der Waals surface area contributed by atoms with Crippen molar-refractivity contribution in [1.29, 1.82) is 0 Å². The number of rotatable bonds is 5. The van der Waals surface area contributed by atoms with Crippen LogP contribution in [0.1, 0.15) is 24.0 Å². The summed E-state index contributed by atoms with van der Waals surface area (Å²) in [5.41, 5.74) is -1.94. The maximum absolute atomic E-state index is 13.2. The normalized spacial score (nSPS) is 20.6. The second-order valence-electron chi connectivity index (χ2n) is 8.35. The molecule has 0 radical (unpaired) electrons. The molecule has 2 aliphatic rings.